The Labute approximate surface area is 68.1 Å². The molecular formula is C8H21NSi. The fraction of sp³-hybridized carbons (Fsp3) is 1.00. The number of hydrogen-bond donors (Lipinski definition) is 1. The lowest BCUT2D eigenvalue weighted by Crippen LogP contribution is -2.31. The van der Waals surface area contributed by atoms with Gasteiger partial charge in [0, 0.05) is 6.04 Å². The van der Waals surface area contributed by atoms with Crippen LogP contribution in [0, 0.1) is 5.92 Å². The molecule has 2 heteroatoms. The molecule has 0 saturated heterocycles. The van der Waals surface area contributed by atoms with Crippen LogP contribution in [0.25, 0.3) is 0 Å². The van der Waals surface area contributed by atoms with Crippen molar-refractivity contribution in [2.24, 2.45) is 5.92 Å². The van der Waals surface area contributed by atoms with Gasteiger partial charge < -0.3 is 4.98 Å². The molecule has 0 saturated carbocycles. The summed E-state index contributed by atoms with van der Waals surface area (Å²) in [4.78, 5) is 3.48. The Morgan fingerprint density at radius 2 is 2.00 bits per heavy atom. The summed E-state index contributed by atoms with van der Waals surface area (Å²) in [7, 11) is 1.14. The summed E-state index contributed by atoms with van der Waals surface area (Å²) in [5.74, 6) is 0.809. The lowest BCUT2D eigenvalue weighted by Gasteiger charge is -2.19. The maximum atomic E-state index is 3.48. The highest BCUT2D eigenvalue weighted by molar-refractivity contribution is 6.04. The van der Waals surface area contributed by atoms with E-state index in [0.717, 1.165) is 22.4 Å². The molecule has 0 radical (unpaired) electrons. The van der Waals surface area contributed by atoms with Crippen LogP contribution in [-0.4, -0.2) is 16.4 Å². The van der Waals surface area contributed by atoms with Crippen molar-refractivity contribution in [3.05, 3.63) is 0 Å². The van der Waals surface area contributed by atoms with Crippen molar-refractivity contribution in [3.8, 4) is 0 Å². The summed E-state index contributed by atoms with van der Waals surface area (Å²) in [5, 5.41) is 0. The quantitative estimate of drug-likeness (QED) is 0.592. The molecule has 0 heterocycles. The average Bonchev–Trinajstić information content (AvgIpc) is 1.89. The number of rotatable bonds is 5. The van der Waals surface area contributed by atoms with E-state index in [9.17, 15) is 0 Å². The second kappa shape index (κ2) is 5.92. The lowest BCUT2D eigenvalue weighted by molar-refractivity contribution is 0.423. The van der Waals surface area contributed by atoms with E-state index in [2.05, 4.69) is 25.8 Å². The van der Waals surface area contributed by atoms with Crippen LogP contribution < -0.4 is 4.98 Å². The van der Waals surface area contributed by atoms with E-state index in [4.69, 9.17) is 0 Å². The van der Waals surface area contributed by atoms with Crippen molar-refractivity contribution >= 4 is 10.4 Å². The molecule has 0 aromatic heterocycles. The fourth-order valence-corrected chi connectivity index (χ4v) is 2.19. The van der Waals surface area contributed by atoms with Gasteiger partial charge in [-0.2, -0.15) is 0 Å². The molecule has 0 fully saturated rings. The average molecular weight is 159 g/mol. The summed E-state index contributed by atoms with van der Waals surface area (Å²) in [6.45, 7) is 6.85. The predicted molar refractivity (Wildman–Crippen MR) is 51.2 cm³/mol. The first-order valence-electron chi connectivity index (χ1n) is 4.39. The summed E-state index contributed by atoms with van der Waals surface area (Å²) < 4.78 is 0. The molecule has 1 unspecified atom stereocenters. The minimum atomic E-state index is 0.784. The highest BCUT2D eigenvalue weighted by Crippen LogP contribution is 2.08. The monoisotopic (exact) mass is 159 g/mol. The van der Waals surface area contributed by atoms with E-state index in [-0.39, 0.29) is 0 Å². The molecule has 0 bridgehead atoms. The van der Waals surface area contributed by atoms with Gasteiger partial charge in [-0.3, -0.25) is 0 Å². The molecule has 0 aromatic carbocycles. The van der Waals surface area contributed by atoms with Crippen molar-refractivity contribution in [3.63, 3.8) is 0 Å². The highest BCUT2D eigenvalue weighted by Gasteiger charge is 2.08. The molecule has 0 spiro atoms. The molecule has 1 nitrogen and oxygen atoms in total. The van der Waals surface area contributed by atoms with Crippen LogP contribution in [0.5, 0.6) is 0 Å². The van der Waals surface area contributed by atoms with E-state index >= 15 is 0 Å². The normalized spacial score (nSPS) is 14.4. The lowest BCUT2D eigenvalue weighted by atomic mass is 10.00. The molecule has 1 atom stereocenters. The van der Waals surface area contributed by atoms with E-state index in [1.807, 2.05) is 0 Å². The molecular weight excluding hydrogens is 138 g/mol. The SMILES string of the molecule is CCCCC(N[SiH3])C(C)C. The first kappa shape index (κ1) is 10.2. The molecule has 0 aliphatic carbocycles. The van der Waals surface area contributed by atoms with Gasteiger partial charge in [0.1, 0.15) is 0 Å². The van der Waals surface area contributed by atoms with Crippen molar-refractivity contribution in [2.45, 2.75) is 46.1 Å². The van der Waals surface area contributed by atoms with Gasteiger partial charge in [0.15, 0.2) is 0 Å². The molecule has 0 aliphatic rings. The molecule has 0 aliphatic heterocycles. The molecule has 1 N–H and O–H groups in total. The predicted octanol–water partition coefficient (Wildman–Crippen LogP) is 1.07. The van der Waals surface area contributed by atoms with Crippen LogP contribution in [0.3, 0.4) is 0 Å². The van der Waals surface area contributed by atoms with Gasteiger partial charge in [-0.1, -0.05) is 33.6 Å². The van der Waals surface area contributed by atoms with Crippen molar-refractivity contribution < 1.29 is 0 Å². The maximum absolute atomic E-state index is 3.48. The third-order valence-corrected chi connectivity index (χ3v) is 2.79. The number of unbranched alkanes of at least 4 members (excludes halogenated alkanes) is 1. The molecule has 62 valence electrons. The Morgan fingerprint density at radius 3 is 2.30 bits per heavy atom. The van der Waals surface area contributed by atoms with E-state index in [1.54, 1.807) is 0 Å². The van der Waals surface area contributed by atoms with Crippen molar-refractivity contribution in [1.82, 2.24) is 4.98 Å². The Bertz CT molecular complexity index is 73.7. The molecule has 10 heavy (non-hydrogen) atoms. The Hall–Kier alpha value is 0.177. The summed E-state index contributed by atoms with van der Waals surface area (Å²) in [6, 6.07) is 0.784. The Morgan fingerprint density at radius 1 is 1.40 bits per heavy atom. The van der Waals surface area contributed by atoms with E-state index in [0.29, 0.717) is 0 Å². The van der Waals surface area contributed by atoms with Crippen molar-refractivity contribution in [1.29, 1.82) is 0 Å². The first-order chi connectivity index (χ1) is 4.72. The van der Waals surface area contributed by atoms with Gasteiger partial charge in [0.2, 0.25) is 0 Å². The van der Waals surface area contributed by atoms with Crippen molar-refractivity contribution in [2.75, 3.05) is 0 Å². The van der Waals surface area contributed by atoms with E-state index < -0.39 is 0 Å². The van der Waals surface area contributed by atoms with E-state index in [1.165, 1.54) is 19.3 Å². The van der Waals surface area contributed by atoms with Gasteiger partial charge in [-0.15, -0.1) is 0 Å². The van der Waals surface area contributed by atoms with Crippen LogP contribution in [0.15, 0.2) is 0 Å². The smallest absolute Gasteiger partial charge is 0.0752 e. The summed E-state index contributed by atoms with van der Waals surface area (Å²) >= 11 is 0. The van der Waals surface area contributed by atoms with Crippen LogP contribution in [0.2, 0.25) is 0 Å². The van der Waals surface area contributed by atoms with Gasteiger partial charge in [-0.05, 0) is 12.3 Å². The molecule has 0 aromatic rings. The molecule has 0 rings (SSSR count). The van der Waals surface area contributed by atoms with Gasteiger partial charge in [0.25, 0.3) is 0 Å². The maximum Gasteiger partial charge on any atom is 0.0752 e. The zero-order valence-electron chi connectivity index (χ0n) is 7.78. The number of hydrogen-bond acceptors (Lipinski definition) is 1. The van der Waals surface area contributed by atoms with Crippen LogP contribution >= 0.6 is 0 Å². The standard InChI is InChI=1S/C8H21NSi/c1-4-5-6-8(9-10)7(2)3/h7-9H,4-6H2,1-3,10H3. The number of nitrogens with one attached hydrogen (secondary N) is 1. The van der Waals surface area contributed by atoms with Crippen LogP contribution in [-0.2, 0) is 0 Å². The van der Waals surface area contributed by atoms with Gasteiger partial charge in [0.05, 0.1) is 10.4 Å². The second-order valence-corrected chi connectivity index (χ2v) is 3.86. The topological polar surface area (TPSA) is 12.0 Å². The first-order valence-corrected chi connectivity index (χ1v) is 5.39. The largest absolute Gasteiger partial charge is 0.342 e. The molecule has 0 amide bonds. The fourth-order valence-electron chi connectivity index (χ4n) is 1.24. The third kappa shape index (κ3) is 4.07. The Balaban J connectivity index is 3.40. The Kier molecular flexibility index (Phi) is 6.03. The summed E-state index contributed by atoms with van der Waals surface area (Å²) in [5.41, 5.74) is 0. The minimum Gasteiger partial charge on any atom is -0.342 e. The highest BCUT2D eigenvalue weighted by atomic mass is 28.2. The van der Waals surface area contributed by atoms with Crippen LogP contribution in [0.4, 0.5) is 0 Å². The zero-order chi connectivity index (χ0) is 7.98. The zero-order valence-corrected chi connectivity index (χ0v) is 9.78. The second-order valence-electron chi connectivity index (χ2n) is 3.28. The third-order valence-electron chi connectivity index (χ3n) is 2.04. The van der Waals surface area contributed by atoms with Gasteiger partial charge in [-0.25, -0.2) is 0 Å². The van der Waals surface area contributed by atoms with Crippen LogP contribution in [0.1, 0.15) is 40.0 Å². The summed E-state index contributed by atoms with van der Waals surface area (Å²) in [6.07, 6.45) is 4.06. The van der Waals surface area contributed by atoms with Gasteiger partial charge >= 0.3 is 0 Å². The minimum absolute atomic E-state index is 0.784.